The first-order valence-corrected chi connectivity index (χ1v) is 10.4. The van der Waals surface area contributed by atoms with E-state index in [9.17, 15) is 0 Å². The molecule has 1 aliphatic rings. The van der Waals surface area contributed by atoms with E-state index in [1.54, 1.807) is 0 Å². The summed E-state index contributed by atoms with van der Waals surface area (Å²) in [5.74, 6) is 1.87. The third-order valence-corrected chi connectivity index (χ3v) is 6.29. The maximum Gasteiger partial charge on any atom is 0.203 e. The molecule has 0 amide bonds. The van der Waals surface area contributed by atoms with E-state index in [2.05, 4.69) is 57.3 Å². The zero-order chi connectivity index (χ0) is 19.1. The highest BCUT2D eigenvalue weighted by atomic mass is 32.1. The molecule has 0 bridgehead atoms. The van der Waals surface area contributed by atoms with Crippen LogP contribution in [0.4, 0.5) is 10.9 Å². The van der Waals surface area contributed by atoms with Crippen LogP contribution in [0.1, 0.15) is 19.8 Å². The topological polar surface area (TPSA) is 83.7 Å². The lowest BCUT2D eigenvalue weighted by Gasteiger charge is -2.31. The fourth-order valence-electron chi connectivity index (χ4n) is 3.80. The minimum absolute atomic E-state index is 0.481. The molecule has 1 aromatic carbocycles. The Morgan fingerprint density at radius 3 is 2.79 bits per heavy atom. The molecule has 4 heterocycles. The lowest BCUT2D eigenvalue weighted by atomic mass is 9.99. The van der Waals surface area contributed by atoms with Gasteiger partial charge in [-0.3, -0.25) is 0 Å². The van der Waals surface area contributed by atoms with Gasteiger partial charge in [0.1, 0.15) is 10.8 Å². The molecule has 1 saturated heterocycles. The number of rotatable bonds is 3. The molecule has 4 aromatic rings. The molecule has 6 nitrogen and oxygen atoms in total. The number of hydrogen-bond acceptors (Lipinski definition) is 6. The summed E-state index contributed by atoms with van der Waals surface area (Å²) in [7, 11) is 0. The number of benzene rings is 1. The van der Waals surface area contributed by atoms with Gasteiger partial charge in [0.15, 0.2) is 0 Å². The van der Waals surface area contributed by atoms with Crippen molar-refractivity contribution in [2.75, 3.05) is 23.7 Å². The van der Waals surface area contributed by atoms with Crippen molar-refractivity contribution in [3.63, 3.8) is 0 Å². The number of H-pyrrole nitrogens is 1. The molecule has 0 radical (unpaired) electrons. The van der Waals surface area contributed by atoms with Gasteiger partial charge in [-0.2, -0.15) is 0 Å². The van der Waals surface area contributed by atoms with Crippen molar-refractivity contribution in [3.8, 4) is 21.8 Å². The van der Waals surface area contributed by atoms with Gasteiger partial charge in [0, 0.05) is 41.3 Å². The van der Waals surface area contributed by atoms with Crippen molar-refractivity contribution in [3.05, 3.63) is 42.6 Å². The second kappa shape index (κ2) is 6.91. The average Bonchev–Trinajstić information content (AvgIpc) is 3.34. The smallest absolute Gasteiger partial charge is 0.203 e. The minimum atomic E-state index is 0.481. The molecular formula is C21H22N6S. The molecule has 0 atom stereocenters. The Labute approximate surface area is 167 Å². The lowest BCUT2D eigenvalue weighted by molar-refractivity contribution is 0.436. The van der Waals surface area contributed by atoms with Crippen LogP contribution in [0.2, 0.25) is 0 Å². The Bertz CT molecular complexity index is 1120. The predicted octanol–water partition coefficient (Wildman–Crippen LogP) is 4.57. The SMILES string of the molecule is CC1CCN(c2cccc(-c3c[nH]c4ccc(-c5nnc(N)s5)cc34)n2)CC1. The van der Waals surface area contributed by atoms with E-state index in [1.807, 2.05) is 12.3 Å². The zero-order valence-electron chi connectivity index (χ0n) is 15.7. The summed E-state index contributed by atoms with van der Waals surface area (Å²) in [5.41, 5.74) is 9.93. The van der Waals surface area contributed by atoms with Crippen molar-refractivity contribution in [2.45, 2.75) is 19.8 Å². The van der Waals surface area contributed by atoms with E-state index in [-0.39, 0.29) is 0 Å². The Morgan fingerprint density at radius 1 is 1.14 bits per heavy atom. The molecule has 142 valence electrons. The molecule has 28 heavy (non-hydrogen) atoms. The number of pyridine rings is 1. The molecule has 3 aromatic heterocycles. The average molecular weight is 391 g/mol. The van der Waals surface area contributed by atoms with Crippen molar-refractivity contribution in [1.82, 2.24) is 20.2 Å². The molecule has 0 aliphatic carbocycles. The van der Waals surface area contributed by atoms with Gasteiger partial charge < -0.3 is 15.6 Å². The fraction of sp³-hybridized carbons (Fsp3) is 0.286. The van der Waals surface area contributed by atoms with Crippen LogP contribution in [0.15, 0.2) is 42.6 Å². The monoisotopic (exact) mass is 390 g/mol. The second-order valence-corrected chi connectivity index (χ2v) is 8.47. The summed E-state index contributed by atoms with van der Waals surface area (Å²) < 4.78 is 0. The first-order valence-electron chi connectivity index (χ1n) is 9.60. The highest BCUT2D eigenvalue weighted by molar-refractivity contribution is 7.18. The van der Waals surface area contributed by atoms with E-state index in [1.165, 1.54) is 24.2 Å². The van der Waals surface area contributed by atoms with E-state index in [0.717, 1.165) is 57.6 Å². The fourth-order valence-corrected chi connectivity index (χ4v) is 4.41. The summed E-state index contributed by atoms with van der Waals surface area (Å²) in [6.45, 7) is 4.48. The summed E-state index contributed by atoms with van der Waals surface area (Å²) in [5, 5.41) is 10.5. The van der Waals surface area contributed by atoms with E-state index in [4.69, 9.17) is 10.7 Å². The molecule has 3 N–H and O–H groups in total. The van der Waals surface area contributed by atoms with Crippen LogP contribution in [-0.4, -0.2) is 33.3 Å². The third-order valence-electron chi connectivity index (χ3n) is 5.49. The predicted molar refractivity (Wildman–Crippen MR) is 115 cm³/mol. The Kier molecular flexibility index (Phi) is 4.24. The van der Waals surface area contributed by atoms with Crippen LogP contribution in [0.3, 0.4) is 0 Å². The summed E-state index contributed by atoms with van der Waals surface area (Å²) in [6, 6.07) is 12.5. The van der Waals surface area contributed by atoms with Gasteiger partial charge in [-0.25, -0.2) is 4.98 Å². The first kappa shape index (κ1) is 17.2. The van der Waals surface area contributed by atoms with Crippen LogP contribution in [0, 0.1) is 5.92 Å². The van der Waals surface area contributed by atoms with Gasteiger partial charge in [-0.15, -0.1) is 10.2 Å². The van der Waals surface area contributed by atoms with Crippen LogP contribution < -0.4 is 10.6 Å². The highest BCUT2D eigenvalue weighted by Crippen LogP contribution is 2.33. The van der Waals surface area contributed by atoms with Gasteiger partial charge in [0.05, 0.1) is 5.69 Å². The highest BCUT2D eigenvalue weighted by Gasteiger charge is 2.18. The molecule has 1 fully saturated rings. The molecular weight excluding hydrogens is 368 g/mol. The van der Waals surface area contributed by atoms with Crippen molar-refractivity contribution in [2.24, 2.45) is 5.92 Å². The van der Waals surface area contributed by atoms with Gasteiger partial charge >= 0.3 is 0 Å². The zero-order valence-corrected chi connectivity index (χ0v) is 16.5. The lowest BCUT2D eigenvalue weighted by Crippen LogP contribution is -2.33. The number of aromatic nitrogens is 4. The van der Waals surface area contributed by atoms with Crippen molar-refractivity contribution in [1.29, 1.82) is 0 Å². The van der Waals surface area contributed by atoms with Gasteiger partial charge in [0.25, 0.3) is 0 Å². The van der Waals surface area contributed by atoms with E-state index in [0.29, 0.717) is 5.13 Å². The number of nitrogens with two attached hydrogens (primary N) is 1. The van der Waals surface area contributed by atoms with Gasteiger partial charge in [-0.05, 0) is 49.1 Å². The Balaban J connectivity index is 1.53. The molecule has 0 unspecified atom stereocenters. The van der Waals surface area contributed by atoms with Crippen LogP contribution in [0.25, 0.3) is 32.7 Å². The molecule has 0 saturated carbocycles. The quantitative estimate of drug-likeness (QED) is 0.535. The summed E-state index contributed by atoms with van der Waals surface area (Å²) in [6.07, 6.45) is 4.49. The molecule has 5 rings (SSSR count). The molecule has 1 aliphatic heterocycles. The van der Waals surface area contributed by atoms with Crippen LogP contribution >= 0.6 is 11.3 Å². The standard InChI is InChI=1S/C21H22N6S/c1-13-7-9-27(10-8-13)19-4-2-3-18(24-19)16-12-23-17-6-5-14(11-15(16)17)20-25-26-21(22)28-20/h2-6,11-13,23H,7-10H2,1H3,(H2,22,26). The van der Waals surface area contributed by atoms with E-state index >= 15 is 0 Å². The van der Waals surface area contributed by atoms with E-state index < -0.39 is 0 Å². The number of nitrogens with zero attached hydrogens (tertiary/aromatic N) is 4. The largest absolute Gasteiger partial charge is 0.374 e. The number of nitrogens with one attached hydrogen (secondary N) is 1. The number of nitrogen functional groups attached to an aromatic ring is 1. The molecule has 0 spiro atoms. The Hall–Kier alpha value is -2.93. The van der Waals surface area contributed by atoms with Crippen molar-refractivity contribution >= 4 is 33.2 Å². The maximum atomic E-state index is 5.75. The number of hydrogen-bond donors (Lipinski definition) is 2. The summed E-state index contributed by atoms with van der Waals surface area (Å²) >= 11 is 1.40. The minimum Gasteiger partial charge on any atom is -0.374 e. The third kappa shape index (κ3) is 3.11. The number of anilines is 2. The van der Waals surface area contributed by atoms with Crippen LogP contribution in [0.5, 0.6) is 0 Å². The second-order valence-electron chi connectivity index (χ2n) is 7.46. The van der Waals surface area contributed by atoms with Crippen molar-refractivity contribution < 1.29 is 0 Å². The van der Waals surface area contributed by atoms with Crippen LogP contribution in [-0.2, 0) is 0 Å². The number of aromatic amines is 1. The number of piperidine rings is 1. The number of fused-ring (bicyclic) bond motifs is 1. The normalized spacial score (nSPS) is 15.4. The first-order chi connectivity index (χ1) is 13.7. The molecule has 7 heteroatoms. The van der Waals surface area contributed by atoms with Gasteiger partial charge in [-0.1, -0.05) is 24.3 Å². The van der Waals surface area contributed by atoms with Gasteiger partial charge in [0.2, 0.25) is 5.13 Å². The Morgan fingerprint density at radius 2 is 2.00 bits per heavy atom. The summed E-state index contributed by atoms with van der Waals surface area (Å²) in [4.78, 5) is 10.7. The maximum absolute atomic E-state index is 5.75.